The Morgan fingerprint density at radius 2 is 2.05 bits per heavy atom. The first-order valence-corrected chi connectivity index (χ1v) is 6.94. The first-order chi connectivity index (χ1) is 10.5. The highest BCUT2D eigenvalue weighted by atomic mass is 35.5. The lowest BCUT2D eigenvalue weighted by molar-refractivity contribution is 0.417. The predicted octanol–water partition coefficient (Wildman–Crippen LogP) is 2.66. The lowest BCUT2D eigenvalue weighted by Gasteiger charge is -2.11. The van der Waals surface area contributed by atoms with Crippen molar-refractivity contribution < 1.29 is 4.74 Å². The van der Waals surface area contributed by atoms with Crippen molar-refractivity contribution in [2.45, 2.75) is 6.92 Å². The molecule has 0 aliphatic rings. The lowest BCUT2D eigenvalue weighted by Crippen LogP contribution is -2.03. The Bertz CT molecular complexity index is 860. The van der Waals surface area contributed by atoms with Crippen LogP contribution in [0.2, 0.25) is 5.02 Å². The first kappa shape index (κ1) is 14.4. The molecule has 0 atom stereocenters. The summed E-state index contributed by atoms with van der Waals surface area (Å²) in [7, 11) is 3.46. The molecular weight excluding hydrogens is 304 g/mol. The molecule has 0 saturated heterocycles. The van der Waals surface area contributed by atoms with Crippen molar-refractivity contribution in [3.05, 3.63) is 29.0 Å². The van der Waals surface area contributed by atoms with Crippen LogP contribution in [0.4, 0.5) is 17.5 Å². The molecule has 0 radical (unpaired) electrons. The quantitative estimate of drug-likeness (QED) is 0.771. The minimum absolute atomic E-state index is 0.166. The summed E-state index contributed by atoms with van der Waals surface area (Å²) in [5.74, 6) is 2.13. The van der Waals surface area contributed by atoms with E-state index in [1.807, 2.05) is 18.5 Å². The van der Waals surface area contributed by atoms with E-state index in [0.29, 0.717) is 33.4 Å². The van der Waals surface area contributed by atoms with Crippen LogP contribution in [0, 0.1) is 6.92 Å². The van der Waals surface area contributed by atoms with Gasteiger partial charge in [0, 0.05) is 12.1 Å². The van der Waals surface area contributed by atoms with Gasteiger partial charge in [-0.25, -0.2) is 4.98 Å². The Kier molecular flexibility index (Phi) is 3.50. The summed E-state index contributed by atoms with van der Waals surface area (Å²) in [6, 6.07) is 5.27. The van der Waals surface area contributed by atoms with Gasteiger partial charge in [-0.15, -0.1) is 0 Å². The van der Waals surface area contributed by atoms with Crippen LogP contribution in [-0.4, -0.2) is 26.6 Å². The van der Waals surface area contributed by atoms with E-state index in [1.54, 1.807) is 25.3 Å². The maximum atomic E-state index is 6.05. The highest BCUT2D eigenvalue weighted by Gasteiger charge is 2.15. The van der Waals surface area contributed by atoms with Crippen LogP contribution < -0.4 is 15.8 Å². The van der Waals surface area contributed by atoms with Crippen molar-refractivity contribution in [1.29, 1.82) is 0 Å². The van der Waals surface area contributed by atoms with E-state index in [0.717, 1.165) is 5.82 Å². The molecule has 3 rings (SSSR count). The molecule has 0 fully saturated rings. The zero-order chi connectivity index (χ0) is 15.9. The zero-order valence-corrected chi connectivity index (χ0v) is 13.1. The van der Waals surface area contributed by atoms with Gasteiger partial charge in [0.2, 0.25) is 5.95 Å². The van der Waals surface area contributed by atoms with E-state index in [2.05, 4.69) is 20.3 Å². The maximum absolute atomic E-state index is 6.05. The number of anilines is 3. The minimum Gasteiger partial charge on any atom is -0.495 e. The van der Waals surface area contributed by atoms with Gasteiger partial charge in [-0.2, -0.15) is 9.97 Å². The number of hydrogen-bond acceptors (Lipinski definition) is 6. The van der Waals surface area contributed by atoms with Gasteiger partial charge in [-0.3, -0.25) is 0 Å². The molecule has 8 heteroatoms. The smallest absolute Gasteiger partial charge is 0.224 e. The molecule has 3 aromatic rings. The molecular formula is C14H15ClN6O. The van der Waals surface area contributed by atoms with Crippen LogP contribution in [0.3, 0.4) is 0 Å². The summed E-state index contributed by atoms with van der Waals surface area (Å²) < 4.78 is 7.18. The molecule has 114 valence electrons. The largest absolute Gasteiger partial charge is 0.495 e. The number of halogens is 1. The van der Waals surface area contributed by atoms with Crippen molar-refractivity contribution in [2.75, 3.05) is 18.2 Å². The van der Waals surface area contributed by atoms with Gasteiger partial charge in [-0.1, -0.05) is 11.6 Å². The average molecular weight is 319 g/mol. The molecule has 7 nitrogen and oxygen atoms in total. The number of aromatic nitrogens is 4. The van der Waals surface area contributed by atoms with E-state index >= 15 is 0 Å². The third-order valence-corrected chi connectivity index (χ3v) is 3.61. The number of hydrogen-bond donors (Lipinski definition) is 2. The maximum Gasteiger partial charge on any atom is 0.224 e. The number of imidazole rings is 1. The van der Waals surface area contributed by atoms with Gasteiger partial charge < -0.3 is 20.4 Å². The normalized spacial score (nSPS) is 10.9. The Labute approximate surface area is 132 Å². The SMILES string of the molecule is COc1ccc(Cl)cc1Nc1nc(N)nc2c1nc(C)n2C. The summed E-state index contributed by atoms with van der Waals surface area (Å²) >= 11 is 6.05. The molecule has 0 aliphatic heterocycles. The molecule has 2 aromatic heterocycles. The van der Waals surface area contributed by atoms with E-state index < -0.39 is 0 Å². The molecule has 22 heavy (non-hydrogen) atoms. The topological polar surface area (TPSA) is 90.9 Å². The average Bonchev–Trinajstić information content (AvgIpc) is 2.76. The van der Waals surface area contributed by atoms with E-state index in [9.17, 15) is 0 Å². The summed E-state index contributed by atoms with van der Waals surface area (Å²) in [4.78, 5) is 12.9. The fourth-order valence-electron chi connectivity index (χ4n) is 2.18. The second-order valence-corrected chi connectivity index (χ2v) is 5.23. The Balaban J connectivity index is 2.15. The van der Waals surface area contributed by atoms with Gasteiger partial charge in [-0.05, 0) is 25.1 Å². The molecule has 0 amide bonds. The standard InChI is InChI=1S/C14H15ClN6O/c1-7-17-11-12(19-14(16)20-13(11)21(7)2)18-9-6-8(15)4-5-10(9)22-3/h4-6H,1-3H3,(H3,16,18,19,20). The molecule has 0 unspecified atom stereocenters. The van der Waals surface area contributed by atoms with Crippen molar-refractivity contribution in [3.8, 4) is 5.75 Å². The molecule has 1 aromatic carbocycles. The van der Waals surface area contributed by atoms with Crippen molar-refractivity contribution in [2.24, 2.45) is 7.05 Å². The van der Waals surface area contributed by atoms with Crippen LogP contribution in [0.1, 0.15) is 5.82 Å². The predicted molar refractivity (Wildman–Crippen MR) is 86.7 cm³/mol. The van der Waals surface area contributed by atoms with E-state index in [-0.39, 0.29) is 5.95 Å². The van der Waals surface area contributed by atoms with E-state index in [4.69, 9.17) is 22.1 Å². The molecule has 0 aliphatic carbocycles. The van der Waals surface area contributed by atoms with Crippen molar-refractivity contribution in [3.63, 3.8) is 0 Å². The minimum atomic E-state index is 0.166. The van der Waals surface area contributed by atoms with Gasteiger partial charge in [0.15, 0.2) is 17.0 Å². The number of nitrogen functional groups attached to an aromatic ring is 1. The molecule has 0 spiro atoms. The third-order valence-electron chi connectivity index (χ3n) is 3.37. The van der Waals surface area contributed by atoms with Crippen LogP contribution in [-0.2, 0) is 7.05 Å². The highest BCUT2D eigenvalue weighted by molar-refractivity contribution is 6.31. The van der Waals surface area contributed by atoms with Gasteiger partial charge in [0.05, 0.1) is 12.8 Å². The number of nitrogens with two attached hydrogens (primary N) is 1. The lowest BCUT2D eigenvalue weighted by atomic mass is 10.3. The van der Waals surface area contributed by atoms with E-state index in [1.165, 1.54) is 0 Å². The number of nitrogens with zero attached hydrogens (tertiary/aromatic N) is 4. The fourth-order valence-corrected chi connectivity index (χ4v) is 2.35. The van der Waals surface area contributed by atoms with Crippen molar-refractivity contribution in [1.82, 2.24) is 19.5 Å². The zero-order valence-electron chi connectivity index (χ0n) is 12.4. The van der Waals surface area contributed by atoms with Gasteiger partial charge in [0.1, 0.15) is 11.6 Å². The number of aryl methyl sites for hydroxylation is 2. The van der Waals surface area contributed by atoms with Gasteiger partial charge in [0.25, 0.3) is 0 Å². The monoisotopic (exact) mass is 318 g/mol. The van der Waals surface area contributed by atoms with Crippen LogP contribution in [0.25, 0.3) is 11.2 Å². The second-order valence-electron chi connectivity index (χ2n) is 4.79. The van der Waals surface area contributed by atoms with Crippen LogP contribution in [0.15, 0.2) is 18.2 Å². The Morgan fingerprint density at radius 1 is 1.27 bits per heavy atom. The number of benzene rings is 1. The Morgan fingerprint density at radius 3 is 2.77 bits per heavy atom. The van der Waals surface area contributed by atoms with Crippen molar-refractivity contribution >= 4 is 40.2 Å². The number of fused-ring (bicyclic) bond motifs is 1. The van der Waals surface area contributed by atoms with Crippen LogP contribution in [0.5, 0.6) is 5.75 Å². The molecule has 0 bridgehead atoms. The highest BCUT2D eigenvalue weighted by Crippen LogP contribution is 2.32. The summed E-state index contributed by atoms with van der Waals surface area (Å²) in [5.41, 5.74) is 7.77. The number of methoxy groups -OCH3 is 1. The third kappa shape index (κ3) is 2.39. The summed E-state index contributed by atoms with van der Waals surface area (Å²) in [6.45, 7) is 1.89. The summed E-state index contributed by atoms with van der Waals surface area (Å²) in [5, 5.41) is 3.75. The van der Waals surface area contributed by atoms with Crippen LogP contribution >= 0.6 is 11.6 Å². The number of nitrogens with one attached hydrogen (secondary N) is 1. The first-order valence-electron chi connectivity index (χ1n) is 6.56. The fraction of sp³-hybridized carbons (Fsp3) is 0.214. The molecule has 2 heterocycles. The van der Waals surface area contributed by atoms with Gasteiger partial charge >= 0.3 is 0 Å². The molecule has 3 N–H and O–H groups in total. The summed E-state index contributed by atoms with van der Waals surface area (Å²) in [6.07, 6.45) is 0. The number of ether oxygens (including phenoxy) is 1. The second kappa shape index (κ2) is 5.34. The molecule has 0 saturated carbocycles. The Hall–Kier alpha value is -2.54. The number of rotatable bonds is 3.